The molecule has 2 saturated carbocycles. The SMILES string of the molecule is O=C1CC(=O)OC2(CCC(S(=O)(=O)C3CCC4(CC3)OC(=O)CC(=O)O4)CC2)O1. The Labute approximate surface area is 167 Å². The fourth-order valence-corrected chi connectivity index (χ4v) is 6.98. The number of hydrogen-bond donors (Lipinski definition) is 0. The summed E-state index contributed by atoms with van der Waals surface area (Å²) in [6.07, 6.45) is 0.567. The van der Waals surface area contributed by atoms with Crippen LogP contribution >= 0.6 is 0 Å². The molecule has 0 unspecified atom stereocenters. The van der Waals surface area contributed by atoms with E-state index in [1.54, 1.807) is 0 Å². The molecule has 0 bridgehead atoms. The number of esters is 4. The van der Waals surface area contributed by atoms with E-state index in [1.165, 1.54) is 0 Å². The molecular formula is C18H22O10S. The van der Waals surface area contributed by atoms with Crippen molar-refractivity contribution in [3.05, 3.63) is 0 Å². The standard InChI is InChI=1S/C18H22O10S/c19-13-9-14(20)26-17(25-13)5-1-11(2-6-17)29(23,24)12-3-7-18(8-4-12)27-15(21)10-16(22)28-18/h11-12H,1-10H2. The minimum absolute atomic E-state index is 0.139. The van der Waals surface area contributed by atoms with Crippen molar-refractivity contribution >= 4 is 33.7 Å². The van der Waals surface area contributed by atoms with Crippen LogP contribution in [0.4, 0.5) is 0 Å². The van der Waals surface area contributed by atoms with Crippen molar-refractivity contribution in [2.75, 3.05) is 0 Å². The molecule has 0 N–H and O–H groups in total. The Morgan fingerprint density at radius 2 is 0.862 bits per heavy atom. The molecule has 0 atom stereocenters. The number of rotatable bonds is 2. The number of carbonyl (C=O) groups excluding carboxylic acids is 4. The van der Waals surface area contributed by atoms with Gasteiger partial charge >= 0.3 is 23.9 Å². The molecule has 2 saturated heterocycles. The van der Waals surface area contributed by atoms with Crippen molar-refractivity contribution in [1.29, 1.82) is 0 Å². The molecule has 4 rings (SSSR count). The van der Waals surface area contributed by atoms with E-state index < -0.39 is 68.6 Å². The Morgan fingerprint density at radius 3 is 1.14 bits per heavy atom. The highest BCUT2D eigenvalue weighted by Crippen LogP contribution is 2.43. The molecule has 160 valence electrons. The fraction of sp³-hybridized carbons (Fsp3) is 0.778. The van der Waals surface area contributed by atoms with E-state index in [0.717, 1.165) is 0 Å². The summed E-state index contributed by atoms with van der Waals surface area (Å²) in [5.41, 5.74) is 0. The van der Waals surface area contributed by atoms with E-state index in [0.29, 0.717) is 0 Å². The zero-order valence-electron chi connectivity index (χ0n) is 15.7. The van der Waals surface area contributed by atoms with Gasteiger partial charge in [0.05, 0.1) is 10.5 Å². The second kappa shape index (κ2) is 6.96. The van der Waals surface area contributed by atoms with Gasteiger partial charge in [0.25, 0.3) is 11.6 Å². The van der Waals surface area contributed by atoms with Crippen LogP contribution in [0.5, 0.6) is 0 Å². The summed E-state index contributed by atoms with van der Waals surface area (Å²) in [5, 5.41) is -1.27. The van der Waals surface area contributed by atoms with E-state index in [-0.39, 0.29) is 51.4 Å². The van der Waals surface area contributed by atoms with Crippen LogP contribution in [0.25, 0.3) is 0 Å². The summed E-state index contributed by atoms with van der Waals surface area (Å²) < 4.78 is 47.1. The predicted octanol–water partition coefficient (Wildman–Crippen LogP) is 0.659. The molecule has 0 amide bonds. The third-order valence-corrected chi connectivity index (χ3v) is 8.90. The lowest BCUT2D eigenvalue weighted by molar-refractivity contribution is -0.253. The zero-order chi connectivity index (χ0) is 20.9. The molecule has 10 nitrogen and oxygen atoms in total. The summed E-state index contributed by atoms with van der Waals surface area (Å²) in [7, 11) is -3.51. The van der Waals surface area contributed by atoms with Crippen molar-refractivity contribution < 1.29 is 46.5 Å². The van der Waals surface area contributed by atoms with Gasteiger partial charge in [-0.2, -0.15) is 0 Å². The molecule has 0 aromatic carbocycles. The quantitative estimate of drug-likeness (QED) is 0.453. The molecule has 2 aliphatic carbocycles. The highest BCUT2D eigenvalue weighted by atomic mass is 32.2. The lowest BCUT2D eigenvalue weighted by Crippen LogP contribution is -2.51. The molecule has 0 radical (unpaired) electrons. The number of carbonyl (C=O) groups is 4. The van der Waals surface area contributed by atoms with Gasteiger partial charge in [-0.05, 0) is 25.7 Å². The van der Waals surface area contributed by atoms with Crippen molar-refractivity contribution in [3.63, 3.8) is 0 Å². The molecule has 4 aliphatic rings. The molecule has 29 heavy (non-hydrogen) atoms. The average molecular weight is 430 g/mol. The number of sulfone groups is 1. The molecular weight excluding hydrogens is 408 g/mol. The normalized spacial score (nSPS) is 29.7. The second-order valence-electron chi connectivity index (χ2n) is 8.06. The first-order chi connectivity index (χ1) is 13.6. The van der Waals surface area contributed by atoms with E-state index in [2.05, 4.69) is 0 Å². The second-order valence-corrected chi connectivity index (χ2v) is 10.6. The van der Waals surface area contributed by atoms with Gasteiger partial charge in [0.1, 0.15) is 12.8 Å². The lowest BCUT2D eigenvalue weighted by Gasteiger charge is -2.43. The van der Waals surface area contributed by atoms with Crippen LogP contribution in [-0.4, -0.2) is 54.4 Å². The Morgan fingerprint density at radius 1 is 0.586 bits per heavy atom. The first kappa shape index (κ1) is 20.1. The Balaban J connectivity index is 1.38. The summed E-state index contributed by atoms with van der Waals surface area (Å²) in [6, 6.07) is 0. The summed E-state index contributed by atoms with van der Waals surface area (Å²) in [5.74, 6) is -5.32. The van der Waals surface area contributed by atoms with Crippen LogP contribution in [0.1, 0.15) is 64.2 Å². The van der Waals surface area contributed by atoms with Crippen molar-refractivity contribution in [2.45, 2.75) is 86.3 Å². The molecule has 0 aromatic heterocycles. The highest BCUT2D eigenvalue weighted by Gasteiger charge is 2.52. The summed E-state index contributed by atoms with van der Waals surface area (Å²) in [6.45, 7) is 0. The molecule has 2 heterocycles. The van der Waals surface area contributed by atoms with Crippen LogP contribution in [-0.2, 0) is 48.0 Å². The van der Waals surface area contributed by atoms with E-state index in [4.69, 9.17) is 18.9 Å². The minimum Gasteiger partial charge on any atom is -0.422 e. The van der Waals surface area contributed by atoms with E-state index in [9.17, 15) is 27.6 Å². The first-order valence-corrected chi connectivity index (χ1v) is 11.3. The van der Waals surface area contributed by atoms with Gasteiger partial charge in [0, 0.05) is 25.7 Å². The van der Waals surface area contributed by atoms with Gasteiger partial charge in [-0.1, -0.05) is 0 Å². The maximum absolute atomic E-state index is 13.1. The third kappa shape index (κ3) is 3.84. The van der Waals surface area contributed by atoms with E-state index in [1.807, 2.05) is 0 Å². The summed E-state index contributed by atoms with van der Waals surface area (Å²) in [4.78, 5) is 46.2. The molecule has 2 aliphatic heterocycles. The van der Waals surface area contributed by atoms with Crippen LogP contribution in [0.15, 0.2) is 0 Å². The molecule has 0 aromatic rings. The number of ether oxygens (including phenoxy) is 4. The van der Waals surface area contributed by atoms with Gasteiger partial charge in [-0.25, -0.2) is 8.42 Å². The lowest BCUT2D eigenvalue weighted by atomic mass is 9.92. The monoisotopic (exact) mass is 430 g/mol. The van der Waals surface area contributed by atoms with Crippen molar-refractivity contribution in [1.82, 2.24) is 0 Å². The van der Waals surface area contributed by atoms with Crippen LogP contribution in [0.3, 0.4) is 0 Å². The van der Waals surface area contributed by atoms with Gasteiger partial charge in [-0.3, -0.25) is 19.2 Å². The van der Waals surface area contributed by atoms with Crippen molar-refractivity contribution in [3.8, 4) is 0 Å². The van der Waals surface area contributed by atoms with Gasteiger partial charge in [-0.15, -0.1) is 0 Å². The number of hydrogen-bond acceptors (Lipinski definition) is 10. The van der Waals surface area contributed by atoms with Crippen LogP contribution in [0.2, 0.25) is 0 Å². The van der Waals surface area contributed by atoms with Crippen LogP contribution < -0.4 is 0 Å². The largest absolute Gasteiger partial charge is 0.422 e. The Bertz CT molecular complexity index is 744. The fourth-order valence-electron chi connectivity index (χ4n) is 4.65. The Hall–Kier alpha value is -2.17. The summed E-state index contributed by atoms with van der Waals surface area (Å²) >= 11 is 0. The zero-order valence-corrected chi connectivity index (χ0v) is 16.5. The predicted molar refractivity (Wildman–Crippen MR) is 92.5 cm³/mol. The van der Waals surface area contributed by atoms with Gasteiger partial charge in [0.15, 0.2) is 9.84 Å². The van der Waals surface area contributed by atoms with Crippen molar-refractivity contribution in [2.24, 2.45) is 0 Å². The maximum atomic E-state index is 13.1. The molecule has 4 fully saturated rings. The molecule has 11 heteroatoms. The average Bonchev–Trinajstić information content (AvgIpc) is 2.60. The maximum Gasteiger partial charge on any atom is 0.320 e. The van der Waals surface area contributed by atoms with Gasteiger partial charge < -0.3 is 18.9 Å². The smallest absolute Gasteiger partial charge is 0.320 e. The first-order valence-electron chi connectivity index (χ1n) is 9.72. The Kier molecular flexibility index (Phi) is 4.83. The minimum atomic E-state index is -3.51. The highest BCUT2D eigenvalue weighted by molar-refractivity contribution is 7.92. The molecule has 2 spiro atoms. The van der Waals surface area contributed by atoms with Gasteiger partial charge in [0.2, 0.25) is 0 Å². The topological polar surface area (TPSA) is 139 Å². The third-order valence-electron chi connectivity index (χ3n) is 6.09. The van der Waals surface area contributed by atoms with Crippen LogP contribution in [0, 0.1) is 0 Å². The van der Waals surface area contributed by atoms with E-state index >= 15 is 0 Å².